The van der Waals surface area contributed by atoms with Crippen molar-refractivity contribution >= 4 is 40.6 Å². The van der Waals surface area contributed by atoms with E-state index in [0.717, 1.165) is 31.2 Å². The van der Waals surface area contributed by atoms with Crippen molar-refractivity contribution in [3.8, 4) is 0 Å². The Morgan fingerprint density at radius 3 is 2.82 bits per heavy atom. The van der Waals surface area contributed by atoms with Crippen LogP contribution in [0.5, 0.6) is 0 Å². The van der Waals surface area contributed by atoms with Gasteiger partial charge in [0, 0.05) is 18.8 Å². The molecule has 2 N–H and O–H groups in total. The molecule has 2 aromatic heterocycles. The number of benzene rings is 1. The fourth-order valence-electron chi connectivity index (χ4n) is 3.51. The molecule has 3 aromatic rings. The van der Waals surface area contributed by atoms with Gasteiger partial charge in [0.05, 0.1) is 16.2 Å². The quantitative estimate of drug-likeness (QED) is 0.630. The summed E-state index contributed by atoms with van der Waals surface area (Å²) >= 11 is 12.3. The summed E-state index contributed by atoms with van der Waals surface area (Å²) in [6.45, 7) is 0.473. The highest BCUT2D eigenvalue weighted by atomic mass is 35.5. The molecule has 1 aliphatic rings. The third-order valence-electron chi connectivity index (χ3n) is 5.05. The first kappa shape index (κ1) is 19.0. The highest BCUT2D eigenvalue weighted by Crippen LogP contribution is 2.26. The van der Waals surface area contributed by atoms with Crippen molar-refractivity contribution in [1.82, 2.24) is 19.9 Å². The van der Waals surface area contributed by atoms with Gasteiger partial charge in [-0.15, -0.1) is 0 Å². The Labute approximate surface area is 173 Å². The lowest BCUT2D eigenvalue weighted by Crippen LogP contribution is -2.36. The van der Waals surface area contributed by atoms with Crippen molar-refractivity contribution in [2.45, 2.75) is 44.7 Å². The molecule has 0 saturated heterocycles. The van der Waals surface area contributed by atoms with E-state index in [1.807, 2.05) is 12.1 Å². The van der Waals surface area contributed by atoms with Crippen molar-refractivity contribution < 1.29 is 4.79 Å². The van der Waals surface area contributed by atoms with Gasteiger partial charge in [0.2, 0.25) is 0 Å². The van der Waals surface area contributed by atoms with Crippen LogP contribution in [0.3, 0.4) is 0 Å². The summed E-state index contributed by atoms with van der Waals surface area (Å²) in [5.74, 6) is 0.514. The van der Waals surface area contributed by atoms with Crippen LogP contribution in [-0.4, -0.2) is 26.5 Å². The average molecular weight is 418 g/mol. The lowest BCUT2D eigenvalue weighted by atomic mass is 9.95. The van der Waals surface area contributed by atoms with E-state index in [4.69, 9.17) is 23.2 Å². The Morgan fingerprint density at radius 2 is 2.00 bits per heavy atom. The van der Waals surface area contributed by atoms with Crippen molar-refractivity contribution in [2.75, 3.05) is 5.32 Å². The third-order valence-corrected chi connectivity index (χ3v) is 5.90. The first-order valence-corrected chi connectivity index (χ1v) is 10.2. The van der Waals surface area contributed by atoms with Crippen LogP contribution < -0.4 is 10.6 Å². The summed E-state index contributed by atoms with van der Waals surface area (Å²) in [4.78, 5) is 17.3. The first-order chi connectivity index (χ1) is 13.6. The molecule has 2 heterocycles. The van der Waals surface area contributed by atoms with Crippen LogP contribution in [0.4, 0.5) is 5.82 Å². The normalized spacial score (nSPS) is 14.9. The largest absolute Gasteiger partial charge is 0.366 e. The Kier molecular flexibility index (Phi) is 5.69. The van der Waals surface area contributed by atoms with Crippen LogP contribution in [0.25, 0.3) is 5.65 Å². The van der Waals surface area contributed by atoms with E-state index in [2.05, 4.69) is 20.7 Å². The first-order valence-electron chi connectivity index (χ1n) is 9.44. The van der Waals surface area contributed by atoms with Crippen LogP contribution >= 0.6 is 23.2 Å². The van der Waals surface area contributed by atoms with Gasteiger partial charge in [-0.3, -0.25) is 4.79 Å². The number of carbonyl (C=O) groups excluding carboxylic acids is 1. The molecule has 0 unspecified atom stereocenters. The number of amides is 1. The van der Waals surface area contributed by atoms with Crippen molar-refractivity contribution in [3.63, 3.8) is 0 Å². The van der Waals surface area contributed by atoms with E-state index in [-0.39, 0.29) is 11.9 Å². The molecule has 6 nitrogen and oxygen atoms in total. The number of halogens is 2. The number of aromatic nitrogens is 3. The van der Waals surface area contributed by atoms with E-state index >= 15 is 0 Å². The molecule has 8 heteroatoms. The summed E-state index contributed by atoms with van der Waals surface area (Å²) in [5.41, 5.74) is 1.88. The molecular weight excluding hydrogens is 397 g/mol. The summed E-state index contributed by atoms with van der Waals surface area (Å²) in [6.07, 6.45) is 8.99. The Bertz CT molecular complexity index is 997. The molecule has 0 spiro atoms. The van der Waals surface area contributed by atoms with E-state index in [1.165, 1.54) is 6.42 Å². The van der Waals surface area contributed by atoms with Gasteiger partial charge in [0.15, 0.2) is 5.65 Å². The van der Waals surface area contributed by atoms with Crippen molar-refractivity contribution in [3.05, 3.63) is 57.8 Å². The van der Waals surface area contributed by atoms with Gasteiger partial charge in [-0.1, -0.05) is 54.6 Å². The van der Waals surface area contributed by atoms with Crippen molar-refractivity contribution in [1.29, 1.82) is 0 Å². The van der Waals surface area contributed by atoms with Gasteiger partial charge in [-0.25, -0.2) is 9.50 Å². The standard InChI is InChI=1S/C20H21Cl2N5O/c21-16-8-4-5-13(18(16)22)11-23-17-9-10-27-19(26-17)15(12-24-27)20(28)25-14-6-2-1-3-7-14/h4-5,8-10,12,14H,1-3,6-7,11H2,(H,23,26)(H,25,28). The highest BCUT2D eigenvalue weighted by molar-refractivity contribution is 6.42. The minimum atomic E-state index is -0.121. The smallest absolute Gasteiger partial charge is 0.256 e. The molecule has 28 heavy (non-hydrogen) atoms. The van der Waals surface area contributed by atoms with Crippen LogP contribution in [0.2, 0.25) is 10.0 Å². The van der Waals surface area contributed by atoms with Crippen LogP contribution in [0.1, 0.15) is 48.0 Å². The van der Waals surface area contributed by atoms with E-state index < -0.39 is 0 Å². The molecule has 1 aromatic carbocycles. The van der Waals surface area contributed by atoms with Gasteiger partial charge in [0.25, 0.3) is 5.91 Å². The average Bonchev–Trinajstić information content (AvgIpc) is 3.13. The second-order valence-electron chi connectivity index (χ2n) is 7.01. The van der Waals surface area contributed by atoms with Crippen LogP contribution in [0, 0.1) is 0 Å². The SMILES string of the molecule is O=C(NC1CCCCC1)c1cnn2ccc(NCc3cccc(Cl)c3Cl)nc12. The summed E-state index contributed by atoms with van der Waals surface area (Å²) in [7, 11) is 0. The molecule has 4 rings (SSSR count). The maximum atomic E-state index is 12.7. The Balaban J connectivity index is 1.50. The van der Waals surface area contributed by atoms with Gasteiger partial charge < -0.3 is 10.6 Å². The molecule has 1 amide bonds. The van der Waals surface area contributed by atoms with Crippen LogP contribution in [-0.2, 0) is 6.54 Å². The lowest BCUT2D eigenvalue weighted by Gasteiger charge is -2.22. The second-order valence-corrected chi connectivity index (χ2v) is 7.80. The van der Waals surface area contributed by atoms with Gasteiger partial charge in [-0.05, 0) is 30.5 Å². The predicted molar refractivity (Wildman–Crippen MR) is 111 cm³/mol. The molecule has 1 fully saturated rings. The van der Waals surface area contributed by atoms with Gasteiger partial charge in [0.1, 0.15) is 11.4 Å². The monoisotopic (exact) mass is 417 g/mol. The molecule has 0 aliphatic heterocycles. The lowest BCUT2D eigenvalue weighted by molar-refractivity contribution is 0.0929. The van der Waals surface area contributed by atoms with Crippen LogP contribution in [0.15, 0.2) is 36.7 Å². The molecule has 146 valence electrons. The maximum absolute atomic E-state index is 12.7. The number of fused-ring (bicyclic) bond motifs is 1. The minimum absolute atomic E-state index is 0.121. The molecule has 1 saturated carbocycles. The maximum Gasteiger partial charge on any atom is 0.256 e. The minimum Gasteiger partial charge on any atom is -0.366 e. The zero-order valence-electron chi connectivity index (χ0n) is 15.3. The number of hydrogen-bond acceptors (Lipinski definition) is 4. The number of nitrogens with one attached hydrogen (secondary N) is 2. The topological polar surface area (TPSA) is 71.3 Å². The Hall–Kier alpha value is -2.31. The molecule has 0 bridgehead atoms. The number of carbonyl (C=O) groups is 1. The number of nitrogens with zero attached hydrogens (tertiary/aromatic N) is 3. The third kappa shape index (κ3) is 4.08. The van der Waals surface area contributed by atoms with Gasteiger partial charge >= 0.3 is 0 Å². The zero-order valence-corrected chi connectivity index (χ0v) is 16.8. The number of hydrogen-bond donors (Lipinski definition) is 2. The molecular formula is C20H21Cl2N5O. The van der Waals surface area contributed by atoms with E-state index in [0.29, 0.717) is 33.6 Å². The zero-order chi connectivity index (χ0) is 19.5. The highest BCUT2D eigenvalue weighted by Gasteiger charge is 2.20. The fraction of sp³-hybridized carbons (Fsp3) is 0.350. The van der Waals surface area contributed by atoms with Crippen molar-refractivity contribution in [2.24, 2.45) is 0 Å². The summed E-state index contributed by atoms with van der Waals surface area (Å²) in [6, 6.07) is 7.55. The second kappa shape index (κ2) is 8.37. The molecule has 1 aliphatic carbocycles. The number of rotatable bonds is 5. The van der Waals surface area contributed by atoms with E-state index in [9.17, 15) is 4.79 Å². The fourth-order valence-corrected chi connectivity index (χ4v) is 3.90. The predicted octanol–water partition coefficient (Wildman–Crippen LogP) is 4.71. The summed E-state index contributed by atoms with van der Waals surface area (Å²) < 4.78 is 1.60. The summed E-state index contributed by atoms with van der Waals surface area (Å²) in [5, 5.41) is 11.6. The number of anilines is 1. The molecule has 0 atom stereocenters. The Morgan fingerprint density at radius 1 is 1.18 bits per heavy atom. The van der Waals surface area contributed by atoms with E-state index in [1.54, 1.807) is 29.0 Å². The molecule has 0 radical (unpaired) electrons. The van der Waals surface area contributed by atoms with Gasteiger partial charge in [-0.2, -0.15) is 5.10 Å².